The van der Waals surface area contributed by atoms with Crippen LogP contribution in [0.5, 0.6) is 0 Å². The maximum absolute atomic E-state index is 13.4. The number of hydrogen-bond donors (Lipinski definition) is 1. The second-order valence-corrected chi connectivity index (χ2v) is 8.35. The number of benzene rings is 1. The van der Waals surface area contributed by atoms with Gasteiger partial charge in [0, 0.05) is 24.6 Å². The minimum atomic E-state index is -4.56. The highest BCUT2D eigenvalue weighted by Crippen LogP contribution is 2.44. The summed E-state index contributed by atoms with van der Waals surface area (Å²) in [6.45, 7) is -0.774. The van der Waals surface area contributed by atoms with Crippen LogP contribution in [0, 0.1) is 0 Å². The first-order valence-corrected chi connectivity index (χ1v) is 10.7. The Bertz CT molecular complexity index is 1090. The van der Waals surface area contributed by atoms with E-state index in [9.17, 15) is 18.0 Å². The van der Waals surface area contributed by atoms with Crippen molar-refractivity contribution >= 4 is 23.2 Å². The first-order valence-electron chi connectivity index (χ1n) is 10.3. The third kappa shape index (κ3) is 3.85. The number of amides is 1. The molecule has 2 atom stereocenters. The van der Waals surface area contributed by atoms with E-state index in [-0.39, 0.29) is 22.6 Å². The molecule has 10 heteroatoms. The molecule has 3 aliphatic heterocycles. The van der Waals surface area contributed by atoms with Crippen molar-refractivity contribution in [2.75, 3.05) is 18.1 Å². The van der Waals surface area contributed by atoms with Crippen molar-refractivity contribution in [1.29, 1.82) is 0 Å². The molecule has 0 saturated carbocycles. The molecule has 0 spiro atoms. The van der Waals surface area contributed by atoms with Gasteiger partial charge in [-0.25, -0.2) is 10.4 Å². The monoisotopic (exact) mass is 464 g/mol. The van der Waals surface area contributed by atoms with Crippen LogP contribution in [0.15, 0.2) is 48.3 Å². The number of fused-ring (bicyclic) bond motifs is 3. The van der Waals surface area contributed by atoms with Crippen LogP contribution >= 0.6 is 11.6 Å². The Balaban J connectivity index is 1.57. The molecule has 2 aromatic rings. The molecule has 0 aliphatic carbocycles. The topological polar surface area (TPSA) is 57.7 Å². The maximum atomic E-state index is 13.4. The zero-order chi connectivity index (χ0) is 22.5. The molecule has 32 heavy (non-hydrogen) atoms. The lowest BCUT2D eigenvalue weighted by molar-refractivity contribution is -0.130. The normalized spacial score (nSPS) is 23.1. The van der Waals surface area contributed by atoms with Crippen molar-refractivity contribution in [3.63, 3.8) is 0 Å². The van der Waals surface area contributed by atoms with E-state index in [1.807, 2.05) is 0 Å². The molecule has 1 aromatic heterocycles. The smallest absolute Gasteiger partial charge is 0.357 e. The zero-order valence-electron chi connectivity index (χ0n) is 16.9. The van der Waals surface area contributed by atoms with Gasteiger partial charge in [-0.2, -0.15) is 13.2 Å². The van der Waals surface area contributed by atoms with Crippen LogP contribution in [0.2, 0.25) is 5.15 Å². The first-order chi connectivity index (χ1) is 15.3. The van der Waals surface area contributed by atoms with E-state index in [1.54, 1.807) is 41.5 Å². The number of nitrogens with zero attached hydrogens (tertiary/aromatic N) is 3. The summed E-state index contributed by atoms with van der Waals surface area (Å²) in [6, 6.07) is 7.96. The fourth-order valence-corrected chi connectivity index (χ4v) is 4.63. The van der Waals surface area contributed by atoms with E-state index in [1.165, 1.54) is 6.20 Å². The molecule has 1 fully saturated rings. The number of carbonyl (C=O) groups excluding carboxylic acids is 1. The number of carbonyl (C=O) groups is 1. The molecule has 4 heterocycles. The van der Waals surface area contributed by atoms with E-state index in [0.29, 0.717) is 23.3 Å². The van der Waals surface area contributed by atoms with Crippen LogP contribution < -0.4 is 10.3 Å². The number of ether oxygens (including phenoxy) is 1. The lowest BCUT2D eigenvalue weighted by Gasteiger charge is -2.35. The van der Waals surface area contributed by atoms with Crippen molar-refractivity contribution in [2.24, 2.45) is 0 Å². The second-order valence-electron chi connectivity index (χ2n) is 8.00. The predicted molar refractivity (Wildman–Crippen MR) is 112 cm³/mol. The average molecular weight is 465 g/mol. The van der Waals surface area contributed by atoms with Gasteiger partial charge in [0.05, 0.1) is 17.3 Å². The molecule has 0 radical (unpaired) electrons. The van der Waals surface area contributed by atoms with Crippen LogP contribution in [0.4, 0.5) is 18.9 Å². The molecule has 1 aromatic carbocycles. The second kappa shape index (κ2) is 8.06. The van der Waals surface area contributed by atoms with Gasteiger partial charge < -0.3 is 4.74 Å². The summed E-state index contributed by atoms with van der Waals surface area (Å²) in [5.41, 5.74) is 5.46. The minimum absolute atomic E-state index is 0.200. The zero-order valence-corrected chi connectivity index (χ0v) is 17.7. The largest absolute Gasteiger partial charge is 0.406 e. The summed E-state index contributed by atoms with van der Waals surface area (Å²) in [7, 11) is 0. The van der Waals surface area contributed by atoms with Gasteiger partial charge >= 0.3 is 6.18 Å². The molecule has 5 rings (SSSR count). The Hall–Kier alpha value is -2.62. The SMILES string of the molecule is O=C1C2=CN(C3CCCCO3)NC2c2ccc(-c3cccnc3Cl)cc2N1CC(F)(F)F. The number of nitrogens with one attached hydrogen (secondary N) is 1. The van der Waals surface area contributed by atoms with Crippen LogP contribution in [0.25, 0.3) is 11.1 Å². The Morgan fingerprint density at radius 3 is 2.81 bits per heavy atom. The molecule has 0 bridgehead atoms. The maximum Gasteiger partial charge on any atom is 0.406 e. The third-order valence-electron chi connectivity index (χ3n) is 5.87. The number of hydrazine groups is 1. The fourth-order valence-electron chi connectivity index (χ4n) is 4.40. The Kier molecular flexibility index (Phi) is 5.35. The van der Waals surface area contributed by atoms with E-state index in [4.69, 9.17) is 16.3 Å². The standard InChI is InChI=1S/C22H20ClF3N4O2/c23-20-14(4-3-8-27-20)13-6-7-15-17(10-13)29(12-22(24,25)26)21(31)16-11-30(28-19(15)16)18-5-1-2-9-32-18/h3-4,6-8,10-11,18-19,28H,1-2,5,9,12H2. The highest BCUT2D eigenvalue weighted by atomic mass is 35.5. The number of alkyl halides is 3. The first kappa shape index (κ1) is 21.2. The van der Waals surface area contributed by atoms with Crippen LogP contribution in [-0.2, 0) is 9.53 Å². The molecule has 1 amide bonds. The van der Waals surface area contributed by atoms with Gasteiger partial charge in [0.1, 0.15) is 17.9 Å². The van der Waals surface area contributed by atoms with Gasteiger partial charge in [-0.05, 0) is 48.6 Å². The van der Waals surface area contributed by atoms with Crippen molar-refractivity contribution in [1.82, 2.24) is 15.4 Å². The number of aromatic nitrogens is 1. The quantitative estimate of drug-likeness (QED) is 0.674. The minimum Gasteiger partial charge on any atom is -0.357 e. The van der Waals surface area contributed by atoms with Gasteiger partial charge in [0.15, 0.2) is 0 Å². The van der Waals surface area contributed by atoms with Gasteiger partial charge in [0.2, 0.25) is 0 Å². The molecular weight excluding hydrogens is 445 g/mol. The summed E-state index contributed by atoms with van der Waals surface area (Å²) in [6.07, 6.45) is 1.02. The van der Waals surface area contributed by atoms with Crippen molar-refractivity contribution < 1.29 is 22.7 Å². The Labute approximate surface area is 187 Å². The number of hydrogen-bond acceptors (Lipinski definition) is 5. The molecule has 1 saturated heterocycles. The van der Waals surface area contributed by atoms with Crippen molar-refractivity contribution in [2.45, 2.75) is 37.7 Å². The number of anilines is 1. The van der Waals surface area contributed by atoms with Gasteiger partial charge in [0.25, 0.3) is 5.91 Å². The Morgan fingerprint density at radius 1 is 1.25 bits per heavy atom. The lowest BCUT2D eigenvalue weighted by atomic mass is 9.90. The van der Waals surface area contributed by atoms with Crippen molar-refractivity contribution in [3.05, 3.63) is 59.0 Å². The van der Waals surface area contributed by atoms with Crippen LogP contribution in [0.1, 0.15) is 30.9 Å². The van der Waals surface area contributed by atoms with E-state index in [2.05, 4.69) is 10.4 Å². The van der Waals surface area contributed by atoms with Crippen LogP contribution in [-0.4, -0.2) is 41.5 Å². The number of pyridine rings is 1. The third-order valence-corrected chi connectivity index (χ3v) is 6.17. The van der Waals surface area contributed by atoms with Gasteiger partial charge in [-0.15, -0.1) is 0 Å². The van der Waals surface area contributed by atoms with Gasteiger partial charge in [-0.1, -0.05) is 23.7 Å². The summed E-state index contributed by atoms with van der Waals surface area (Å²) in [4.78, 5) is 18.0. The van der Waals surface area contributed by atoms with E-state index >= 15 is 0 Å². The molecule has 3 aliphatic rings. The summed E-state index contributed by atoms with van der Waals surface area (Å²) >= 11 is 6.19. The summed E-state index contributed by atoms with van der Waals surface area (Å²) in [5, 5.41) is 1.95. The van der Waals surface area contributed by atoms with Gasteiger partial charge in [-0.3, -0.25) is 14.7 Å². The van der Waals surface area contributed by atoms with E-state index < -0.39 is 24.7 Å². The molecule has 168 valence electrons. The van der Waals surface area contributed by atoms with Crippen LogP contribution in [0.3, 0.4) is 0 Å². The number of rotatable bonds is 3. The molecule has 2 unspecified atom stereocenters. The molecule has 6 nitrogen and oxygen atoms in total. The van der Waals surface area contributed by atoms with Crippen molar-refractivity contribution in [3.8, 4) is 11.1 Å². The Morgan fingerprint density at radius 2 is 2.09 bits per heavy atom. The molecule has 1 N–H and O–H groups in total. The lowest BCUT2D eigenvalue weighted by Crippen LogP contribution is -2.46. The average Bonchev–Trinajstić information content (AvgIpc) is 3.22. The highest BCUT2D eigenvalue weighted by Gasteiger charge is 2.45. The van der Waals surface area contributed by atoms with E-state index in [0.717, 1.165) is 24.2 Å². The summed E-state index contributed by atoms with van der Waals surface area (Å²) < 4.78 is 46.0. The molecular formula is C22H20ClF3N4O2. The summed E-state index contributed by atoms with van der Waals surface area (Å²) in [5.74, 6) is -0.680. The predicted octanol–water partition coefficient (Wildman–Crippen LogP) is 4.58. The number of halogens is 4. The highest BCUT2D eigenvalue weighted by molar-refractivity contribution is 6.32. The fraction of sp³-hybridized carbons (Fsp3) is 0.364.